The minimum absolute atomic E-state index is 0.0314. The number of esters is 1. The van der Waals surface area contributed by atoms with Gasteiger partial charge < -0.3 is 9.15 Å². The lowest BCUT2D eigenvalue weighted by Crippen LogP contribution is -2.07. The Balaban J connectivity index is 1.53. The van der Waals surface area contributed by atoms with Crippen LogP contribution in [0, 0.1) is 24.0 Å². The van der Waals surface area contributed by atoms with E-state index in [1.165, 1.54) is 36.0 Å². The van der Waals surface area contributed by atoms with Gasteiger partial charge in [-0.05, 0) is 49.2 Å². The third kappa shape index (κ3) is 5.42. The van der Waals surface area contributed by atoms with Crippen molar-refractivity contribution in [3.8, 4) is 11.5 Å². The Morgan fingerprint density at radius 2 is 1.93 bits per heavy atom. The minimum atomic E-state index is -0.489. The van der Waals surface area contributed by atoms with Gasteiger partial charge in [0, 0.05) is 27.1 Å². The molecule has 3 aromatic rings. The van der Waals surface area contributed by atoms with Crippen molar-refractivity contribution in [1.29, 1.82) is 0 Å². The highest BCUT2D eigenvalue weighted by Gasteiger charge is 2.13. The van der Waals surface area contributed by atoms with E-state index in [0.29, 0.717) is 5.56 Å². The number of carbonyl (C=O) groups excluding carboxylic acids is 1. The van der Waals surface area contributed by atoms with Gasteiger partial charge in [-0.2, -0.15) is 0 Å². The van der Waals surface area contributed by atoms with E-state index in [1.54, 1.807) is 0 Å². The maximum absolute atomic E-state index is 12.0. The fourth-order valence-electron chi connectivity index (χ4n) is 2.38. The highest BCUT2D eigenvalue weighted by Crippen LogP contribution is 2.28. The number of halogens is 1. The van der Waals surface area contributed by atoms with Crippen LogP contribution in [-0.4, -0.2) is 26.8 Å². The Morgan fingerprint density at radius 1 is 1.21 bits per heavy atom. The molecule has 1 aromatic heterocycles. The molecule has 0 radical (unpaired) electrons. The van der Waals surface area contributed by atoms with Crippen LogP contribution in [0.25, 0.3) is 11.5 Å². The fourth-order valence-corrected chi connectivity index (χ4v) is 3.75. The molecule has 8 nitrogen and oxygen atoms in total. The highest BCUT2D eigenvalue weighted by atomic mass is 79.9. The molecule has 2 aromatic carbocycles. The molecule has 150 valence electrons. The van der Waals surface area contributed by atoms with Gasteiger partial charge >= 0.3 is 5.97 Å². The molecular formula is C19H16BrN3O5S. The number of aromatic nitrogens is 2. The minimum Gasteiger partial charge on any atom is -0.455 e. The van der Waals surface area contributed by atoms with Crippen LogP contribution >= 0.6 is 27.7 Å². The molecule has 0 N–H and O–H groups in total. The van der Waals surface area contributed by atoms with Crippen molar-refractivity contribution >= 4 is 39.3 Å². The Labute approximate surface area is 178 Å². The summed E-state index contributed by atoms with van der Waals surface area (Å²) in [6.07, 6.45) is 0. The van der Waals surface area contributed by atoms with Crippen molar-refractivity contribution in [1.82, 2.24) is 10.2 Å². The first kappa shape index (κ1) is 21.0. The number of thioether (sulfide) groups is 1. The lowest BCUT2D eigenvalue weighted by atomic mass is 10.2. The van der Waals surface area contributed by atoms with Gasteiger partial charge in [0.05, 0.1) is 10.7 Å². The van der Waals surface area contributed by atoms with Gasteiger partial charge in [0.2, 0.25) is 5.89 Å². The largest absolute Gasteiger partial charge is 0.455 e. The lowest BCUT2D eigenvalue weighted by molar-refractivity contribution is -0.384. The zero-order valence-electron chi connectivity index (χ0n) is 15.5. The number of nitro groups is 1. The first-order valence-electron chi connectivity index (χ1n) is 8.46. The van der Waals surface area contributed by atoms with E-state index in [2.05, 4.69) is 26.1 Å². The molecule has 3 rings (SSSR count). The average molecular weight is 478 g/mol. The van der Waals surface area contributed by atoms with Gasteiger partial charge in [0.1, 0.15) is 0 Å². The van der Waals surface area contributed by atoms with E-state index in [9.17, 15) is 14.9 Å². The topological polar surface area (TPSA) is 108 Å². The molecular weight excluding hydrogens is 462 g/mol. The number of nitrogens with zero attached hydrogens (tertiary/aromatic N) is 3. The van der Waals surface area contributed by atoms with Crippen LogP contribution in [0.15, 0.2) is 50.2 Å². The first-order valence-corrected chi connectivity index (χ1v) is 10.2. The lowest BCUT2D eigenvalue weighted by Gasteiger charge is -2.08. The number of rotatable bonds is 7. The Hall–Kier alpha value is -2.72. The van der Waals surface area contributed by atoms with Crippen LogP contribution in [0.2, 0.25) is 0 Å². The summed E-state index contributed by atoms with van der Waals surface area (Å²) in [5.41, 5.74) is 2.68. The van der Waals surface area contributed by atoms with Crippen LogP contribution in [0.5, 0.6) is 0 Å². The average Bonchev–Trinajstić information content (AvgIpc) is 3.17. The summed E-state index contributed by atoms with van der Waals surface area (Å²) >= 11 is 4.89. The molecule has 0 atom stereocenters. The predicted octanol–water partition coefficient (Wildman–Crippen LogP) is 4.86. The second-order valence-electron chi connectivity index (χ2n) is 6.12. The molecule has 0 saturated heterocycles. The zero-order valence-corrected chi connectivity index (χ0v) is 17.9. The molecule has 0 spiro atoms. The number of benzene rings is 2. The highest BCUT2D eigenvalue weighted by molar-refractivity contribution is 9.10. The molecule has 0 amide bonds. The van der Waals surface area contributed by atoms with Crippen LogP contribution < -0.4 is 0 Å². The summed E-state index contributed by atoms with van der Waals surface area (Å²) in [5, 5.41) is 18.4. The molecule has 0 saturated carbocycles. The molecule has 1 heterocycles. The van der Waals surface area contributed by atoms with Crippen LogP contribution in [0.1, 0.15) is 17.0 Å². The van der Waals surface area contributed by atoms with Crippen molar-refractivity contribution in [3.05, 3.63) is 68.0 Å². The summed E-state index contributed by atoms with van der Waals surface area (Å²) in [6, 6.07) is 9.76. The van der Waals surface area contributed by atoms with Crippen molar-refractivity contribution in [2.24, 2.45) is 0 Å². The van der Waals surface area contributed by atoms with Gasteiger partial charge in [0.15, 0.2) is 6.61 Å². The van der Waals surface area contributed by atoms with Crippen molar-refractivity contribution in [3.63, 3.8) is 0 Å². The van der Waals surface area contributed by atoms with Gasteiger partial charge in [0.25, 0.3) is 11.6 Å². The maximum Gasteiger partial charge on any atom is 0.316 e. The zero-order chi connectivity index (χ0) is 21.0. The summed E-state index contributed by atoms with van der Waals surface area (Å²) in [4.78, 5) is 23.2. The number of non-ortho nitro benzene ring substituents is 1. The Bertz CT molecular complexity index is 1050. The van der Waals surface area contributed by atoms with Gasteiger partial charge in [-0.15, -0.1) is 22.0 Å². The van der Waals surface area contributed by atoms with Gasteiger partial charge in [-0.3, -0.25) is 14.9 Å². The number of aryl methyl sites for hydroxylation is 2. The number of carbonyl (C=O) groups is 1. The Morgan fingerprint density at radius 3 is 2.62 bits per heavy atom. The second kappa shape index (κ2) is 9.19. The van der Waals surface area contributed by atoms with E-state index in [0.717, 1.165) is 20.5 Å². The number of ether oxygens (including phenoxy) is 1. The van der Waals surface area contributed by atoms with Gasteiger partial charge in [-0.25, -0.2) is 0 Å². The molecule has 10 heteroatoms. The SMILES string of the molecule is Cc1cc(SCC(=O)OCc2nnc(-c3ccc([N+](=O)[O-])cc3)o2)c(C)cc1Br. The molecule has 0 aliphatic heterocycles. The molecule has 0 aliphatic rings. The van der Waals surface area contributed by atoms with Crippen LogP contribution in [0.4, 0.5) is 5.69 Å². The molecule has 0 unspecified atom stereocenters. The van der Waals surface area contributed by atoms with Gasteiger partial charge in [-0.1, -0.05) is 15.9 Å². The summed E-state index contributed by atoms with van der Waals surface area (Å²) in [5.74, 6) is 0.101. The number of hydrogen-bond acceptors (Lipinski definition) is 8. The monoisotopic (exact) mass is 477 g/mol. The normalized spacial score (nSPS) is 10.7. The third-order valence-electron chi connectivity index (χ3n) is 3.95. The van der Waals surface area contributed by atoms with E-state index >= 15 is 0 Å². The predicted molar refractivity (Wildman–Crippen MR) is 111 cm³/mol. The van der Waals surface area contributed by atoms with E-state index in [4.69, 9.17) is 9.15 Å². The summed E-state index contributed by atoms with van der Waals surface area (Å²) in [6.45, 7) is 3.83. The van der Waals surface area contributed by atoms with E-state index in [1.807, 2.05) is 26.0 Å². The molecule has 0 fully saturated rings. The van der Waals surface area contributed by atoms with Crippen LogP contribution in [0.3, 0.4) is 0 Å². The molecule has 0 bridgehead atoms. The number of nitro benzene ring substituents is 1. The fraction of sp³-hybridized carbons (Fsp3) is 0.211. The molecule has 29 heavy (non-hydrogen) atoms. The Kier molecular flexibility index (Phi) is 6.65. The standard InChI is InChI=1S/C19H16BrN3O5S/c1-11-8-16(12(2)7-15(11)20)29-10-18(24)27-9-17-21-22-19(28-17)13-3-5-14(6-4-13)23(25)26/h3-8H,9-10H2,1-2H3. The van der Waals surface area contributed by atoms with E-state index < -0.39 is 10.9 Å². The summed E-state index contributed by atoms with van der Waals surface area (Å²) in [7, 11) is 0. The maximum atomic E-state index is 12.0. The first-order chi connectivity index (χ1) is 13.8. The van der Waals surface area contributed by atoms with Crippen molar-refractivity contribution in [2.45, 2.75) is 25.3 Å². The summed E-state index contributed by atoms with van der Waals surface area (Å²) < 4.78 is 11.7. The van der Waals surface area contributed by atoms with E-state index in [-0.39, 0.29) is 29.8 Å². The second-order valence-corrected chi connectivity index (χ2v) is 7.99. The number of hydrogen-bond donors (Lipinski definition) is 0. The quantitative estimate of drug-likeness (QED) is 0.205. The van der Waals surface area contributed by atoms with Crippen molar-refractivity contribution < 1.29 is 18.9 Å². The third-order valence-corrected chi connectivity index (χ3v) is 5.94. The molecule has 0 aliphatic carbocycles. The van der Waals surface area contributed by atoms with Crippen LogP contribution in [-0.2, 0) is 16.1 Å². The smallest absolute Gasteiger partial charge is 0.316 e. The van der Waals surface area contributed by atoms with Crippen molar-refractivity contribution in [2.75, 3.05) is 5.75 Å².